The molecule has 0 aromatic heterocycles. The van der Waals surface area contributed by atoms with Gasteiger partial charge >= 0.3 is 5.97 Å². The largest absolute Gasteiger partial charge is 0.480 e. The summed E-state index contributed by atoms with van der Waals surface area (Å²) in [5.74, 6) is -1.15. The summed E-state index contributed by atoms with van der Waals surface area (Å²) in [4.78, 5) is 10.5. The lowest BCUT2D eigenvalue weighted by Gasteiger charge is -2.38. The van der Waals surface area contributed by atoms with Crippen molar-refractivity contribution in [3.8, 4) is 0 Å². The first kappa shape index (κ1) is 11.6. The van der Waals surface area contributed by atoms with Crippen LogP contribution in [0.5, 0.6) is 0 Å². The van der Waals surface area contributed by atoms with Crippen LogP contribution in [-0.4, -0.2) is 35.5 Å². The van der Waals surface area contributed by atoms with Crippen molar-refractivity contribution in [2.45, 2.75) is 37.8 Å². The lowest BCUT2D eigenvalue weighted by atomic mass is 10.2. The minimum atomic E-state index is -1.96. The van der Waals surface area contributed by atoms with Crippen LogP contribution in [0.3, 0.4) is 0 Å². The molecule has 0 aliphatic carbocycles. The Morgan fingerprint density at radius 3 is 1.92 bits per heavy atom. The normalized spacial score (nSPS) is 19.8. The number of aliphatic hydroxyl groups is 1. The van der Waals surface area contributed by atoms with Crippen LogP contribution in [0.4, 0.5) is 0 Å². The van der Waals surface area contributed by atoms with Gasteiger partial charge < -0.3 is 15.9 Å². The molecular weight excluding hydrogens is 174 g/mol. The van der Waals surface area contributed by atoms with Gasteiger partial charge in [-0.25, -0.2) is 0 Å². The average Bonchev–Trinajstić information content (AvgIpc) is 1.83. The first-order valence-electron chi connectivity index (χ1n) is 3.81. The van der Waals surface area contributed by atoms with Gasteiger partial charge in [0.2, 0.25) is 0 Å². The summed E-state index contributed by atoms with van der Waals surface area (Å²) in [5, 5.41) is 17.2. The Balaban J connectivity index is 4.73. The minimum Gasteiger partial charge on any atom is -0.480 e. The van der Waals surface area contributed by atoms with E-state index in [-0.39, 0.29) is 0 Å². The Bertz CT molecular complexity index is 186. The highest BCUT2D eigenvalue weighted by Gasteiger charge is 2.45. The second kappa shape index (κ2) is 3.16. The van der Waals surface area contributed by atoms with E-state index in [2.05, 4.69) is 0 Å². The predicted molar refractivity (Wildman–Crippen MR) is 49.6 cm³/mol. The maximum Gasteiger partial charge on any atom is 0.323 e. The third-order valence-corrected chi connectivity index (χ3v) is 5.74. The minimum absolute atomic E-state index is 1.15. The van der Waals surface area contributed by atoms with E-state index in [0.29, 0.717) is 0 Å². The van der Waals surface area contributed by atoms with E-state index < -0.39 is 25.3 Å². The summed E-state index contributed by atoms with van der Waals surface area (Å²) < 4.78 is 0. The molecule has 0 spiro atoms. The van der Waals surface area contributed by atoms with E-state index in [9.17, 15) is 9.90 Å². The summed E-state index contributed by atoms with van der Waals surface area (Å²) in [6.07, 6.45) is 0. The van der Waals surface area contributed by atoms with Crippen molar-refractivity contribution in [2.75, 3.05) is 0 Å². The number of nitrogens with two attached hydrogens (primary N) is 1. The Hall–Kier alpha value is -0.393. The molecule has 0 aliphatic heterocycles. The van der Waals surface area contributed by atoms with Crippen LogP contribution >= 0.6 is 0 Å². The van der Waals surface area contributed by atoms with E-state index in [1.165, 1.54) is 6.92 Å². The zero-order chi connectivity index (χ0) is 10.2. The van der Waals surface area contributed by atoms with Gasteiger partial charge in [0.1, 0.15) is 6.04 Å². The summed E-state index contributed by atoms with van der Waals surface area (Å²) in [7, 11) is -1.96. The van der Waals surface area contributed by atoms with Crippen LogP contribution < -0.4 is 5.73 Å². The molecule has 5 heteroatoms. The van der Waals surface area contributed by atoms with Crippen LogP contribution in [-0.2, 0) is 4.79 Å². The maximum absolute atomic E-state index is 10.5. The molecule has 0 radical (unpaired) electrons. The molecule has 0 fully saturated rings. The first-order chi connectivity index (χ1) is 5.10. The van der Waals surface area contributed by atoms with E-state index in [0.717, 1.165) is 0 Å². The van der Waals surface area contributed by atoms with Crippen molar-refractivity contribution >= 4 is 14.0 Å². The molecule has 0 aliphatic rings. The molecule has 4 nitrogen and oxygen atoms in total. The van der Waals surface area contributed by atoms with Gasteiger partial charge in [-0.1, -0.05) is 19.6 Å². The predicted octanol–water partition coefficient (Wildman–Crippen LogP) is 0.0267. The maximum atomic E-state index is 10.5. The van der Waals surface area contributed by atoms with Gasteiger partial charge in [0, 0.05) is 0 Å². The quantitative estimate of drug-likeness (QED) is 0.549. The van der Waals surface area contributed by atoms with Crippen LogP contribution in [0.2, 0.25) is 19.6 Å². The fraction of sp³-hybridized carbons (Fsp3) is 0.857. The fourth-order valence-corrected chi connectivity index (χ4v) is 1.76. The number of carboxylic acid groups (broad SMARTS) is 1. The van der Waals surface area contributed by atoms with Gasteiger partial charge in [-0.2, -0.15) is 0 Å². The van der Waals surface area contributed by atoms with E-state index in [1.807, 2.05) is 19.6 Å². The van der Waals surface area contributed by atoms with E-state index >= 15 is 0 Å². The van der Waals surface area contributed by atoms with Crippen molar-refractivity contribution in [1.82, 2.24) is 0 Å². The molecule has 0 unspecified atom stereocenters. The van der Waals surface area contributed by atoms with Crippen molar-refractivity contribution in [3.05, 3.63) is 0 Å². The van der Waals surface area contributed by atoms with Crippen LogP contribution in [0.15, 0.2) is 0 Å². The van der Waals surface area contributed by atoms with Crippen LogP contribution in [0.1, 0.15) is 6.92 Å². The molecule has 0 rings (SSSR count). The summed E-state index contributed by atoms with van der Waals surface area (Å²) in [6.45, 7) is 7.15. The number of hydrogen-bond acceptors (Lipinski definition) is 3. The van der Waals surface area contributed by atoms with Crippen LogP contribution in [0, 0.1) is 0 Å². The van der Waals surface area contributed by atoms with Crippen LogP contribution in [0.25, 0.3) is 0 Å². The van der Waals surface area contributed by atoms with Gasteiger partial charge in [-0.05, 0) is 6.92 Å². The molecule has 0 amide bonds. The molecular formula is C7H17NO3Si. The number of carboxylic acids is 1. The highest BCUT2D eigenvalue weighted by atomic mass is 28.3. The zero-order valence-electron chi connectivity index (χ0n) is 7.96. The average molecular weight is 191 g/mol. The van der Waals surface area contributed by atoms with Gasteiger partial charge in [-0.15, -0.1) is 0 Å². The van der Waals surface area contributed by atoms with Gasteiger partial charge in [0.15, 0.2) is 0 Å². The lowest BCUT2D eigenvalue weighted by molar-refractivity contribution is -0.142. The summed E-state index contributed by atoms with van der Waals surface area (Å²) in [5.41, 5.74) is 5.37. The second-order valence-corrected chi connectivity index (χ2v) is 9.73. The molecule has 2 atom stereocenters. The third-order valence-electron chi connectivity index (χ3n) is 2.39. The number of rotatable bonds is 3. The first-order valence-corrected chi connectivity index (χ1v) is 7.31. The Kier molecular flexibility index (Phi) is 3.05. The molecule has 0 aromatic carbocycles. The number of aliphatic carboxylic acids is 1. The van der Waals surface area contributed by atoms with Crippen molar-refractivity contribution in [1.29, 1.82) is 0 Å². The van der Waals surface area contributed by atoms with E-state index in [4.69, 9.17) is 10.8 Å². The SMILES string of the molecule is C[C@@](O)([C@H](N)C(=O)O)[Si](C)(C)C. The third kappa shape index (κ3) is 2.06. The zero-order valence-corrected chi connectivity index (χ0v) is 8.96. The molecule has 0 bridgehead atoms. The van der Waals surface area contributed by atoms with Gasteiger partial charge in [0.25, 0.3) is 0 Å². The molecule has 72 valence electrons. The fourth-order valence-electron chi connectivity index (χ4n) is 0.707. The van der Waals surface area contributed by atoms with E-state index in [1.54, 1.807) is 0 Å². The monoisotopic (exact) mass is 191 g/mol. The second-order valence-electron chi connectivity index (χ2n) is 4.21. The van der Waals surface area contributed by atoms with Crippen molar-refractivity contribution in [2.24, 2.45) is 5.73 Å². The number of hydrogen-bond donors (Lipinski definition) is 3. The number of carbonyl (C=O) groups is 1. The van der Waals surface area contributed by atoms with Crippen molar-refractivity contribution < 1.29 is 15.0 Å². The Labute approximate surface area is 73.4 Å². The molecule has 4 N–H and O–H groups in total. The smallest absolute Gasteiger partial charge is 0.323 e. The Morgan fingerprint density at radius 1 is 1.50 bits per heavy atom. The van der Waals surface area contributed by atoms with Crippen molar-refractivity contribution in [3.63, 3.8) is 0 Å². The molecule has 0 saturated heterocycles. The Morgan fingerprint density at radius 2 is 1.83 bits per heavy atom. The topological polar surface area (TPSA) is 83.5 Å². The molecule has 0 aromatic rings. The van der Waals surface area contributed by atoms with Gasteiger partial charge in [-0.3, -0.25) is 4.79 Å². The molecule has 0 heterocycles. The van der Waals surface area contributed by atoms with Gasteiger partial charge in [0.05, 0.1) is 13.3 Å². The highest BCUT2D eigenvalue weighted by molar-refractivity contribution is 6.79. The molecule has 0 saturated carbocycles. The summed E-state index contributed by atoms with van der Waals surface area (Å²) in [6, 6.07) is -1.19. The standard InChI is InChI=1S/C7H17NO3Si/c1-7(11,12(2,3)4)5(8)6(9)10/h5,11H,8H2,1-4H3,(H,9,10)/t5-,7+/m1/s1. The molecule has 12 heavy (non-hydrogen) atoms. The summed E-state index contributed by atoms with van der Waals surface area (Å²) >= 11 is 0. The highest BCUT2D eigenvalue weighted by Crippen LogP contribution is 2.22. The lowest BCUT2D eigenvalue weighted by Crippen LogP contribution is -2.63.